The zero-order valence-corrected chi connectivity index (χ0v) is 16.1. The van der Waals surface area contributed by atoms with Gasteiger partial charge in [0.2, 0.25) is 11.7 Å². The molecule has 1 N–H and O–H groups in total. The van der Waals surface area contributed by atoms with Gasteiger partial charge in [-0.05, 0) is 42.7 Å². The number of nitrogens with one attached hydrogen (secondary N) is 1. The summed E-state index contributed by atoms with van der Waals surface area (Å²) in [6.07, 6.45) is 9.86. The standard InChI is InChI=1S/C20H22N4O2S/c1-23-12-9-21-19(23)18(25)15-6-5-7-16(14-15)22-20(26)17(8-13-27-2)24-10-3-4-11-24/h3-7,9-12,14,17H,8,13H2,1-2H3,(H,22,26)/t17-/m1/s1. The van der Waals surface area contributed by atoms with Crippen molar-refractivity contribution in [3.8, 4) is 0 Å². The van der Waals surface area contributed by atoms with Gasteiger partial charge < -0.3 is 14.5 Å². The normalized spacial score (nSPS) is 11.9. The van der Waals surface area contributed by atoms with E-state index in [-0.39, 0.29) is 17.7 Å². The van der Waals surface area contributed by atoms with Crippen LogP contribution in [0.25, 0.3) is 0 Å². The third-order valence-electron chi connectivity index (χ3n) is 4.30. The predicted molar refractivity (Wildman–Crippen MR) is 108 cm³/mol. The average Bonchev–Trinajstić information content (AvgIpc) is 3.33. The van der Waals surface area contributed by atoms with Crippen LogP contribution in [0.4, 0.5) is 5.69 Å². The van der Waals surface area contributed by atoms with Gasteiger partial charge in [0.15, 0.2) is 5.82 Å². The summed E-state index contributed by atoms with van der Waals surface area (Å²) in [7, 11) is 1.78. The van der Waals surface area contributed by atoms with Gasteiger partial charge in [-0.15, -0.1) is 0 Å². The summed E-state index contributed by atoms with van der Waals surface area (Å²) in [6, 6.07) is 10.5. The van der Waals surface area contributed by atoms with E-state index in [1.165, 1.54) is 0 Å². The summed E-state index contributed by atoms with van der Waals surface area (Å²) in [4.78, 5) is 29.6. The van der Waals surface area contributed by atoms with Crippen LogP contribution in [0.5, 0.6) is 0 Å². The van der Waals surface area contributed by atoms with Gasteiger partial charge in [0, 0.05) is 43.1 Å². The number of ketones is 1. The molecule has 1 aromatic carbocycles. The smallest absolute Gasteiger partial charge is 0.247 e. The Bertz CT molecular complexity index is 918. The van der Waals surface area contributed by atoms with E-state index in [4.69, 9.17) is 0 Å². The first-order chi connectivity index (χ1) is 13.1. The molecule has 2 heterocycles. The van der Waals surface area contributed by atoms with E-state index in [0.29, 0.717) is 17.1 Å². The molecule has 6 nitrogen and oxygen atoms in total. The second kappa shape index (κ2) is 8.73. The van der Waals surface area contributed by atoms with Crippen molar-refractivity contribution in [2.24, 2.45) is 7.05 Å². The topological polar surface area (TPSA) is 68.9 Å². The van der Waals surface area contributed by atoms with Crippen LogP contribution in [0.3, 0.4) is 0 Å². The summed E-state index contributed by atoms with van der Waals surface area (Å²) in [6.45, 7) is 0. The Morgan fingerprint density at radius 2 is 1.96 bits per heavy atom. The second-order valence-electron chi connectivity index (χ2n) is 6.19. The third kappa shape index (κ3) is 4.49. The molecule has 0 bridgehead atoms. The van der Waals surface area contributed by atoms with Crippen LogP contribution in [-0.4, -0.2) is 37.8 Å². The lowest BCUT2D eigenvalue weighted by atomic mass is 10.1. The zero-order chi connectivity index (χ0) is 19.2. The molecule has 0 saturated heterocycles. The van der Waals surface area contributed by atoms with Crippen molar-refractivity contribution in [1.29, 1.82) is 0 Å². The third-order valence-corrected chi connectivity index (χ3v) is 4.95. The summed E-state index contributed by atoms with van der Waals surface area (Å²) >= 11 is 1.71. The molecule has 0 fully saturated rings. The molecule has 0 aliphatic rings. The van der Waals surface area contributed by atoms with Crippen LogP contribution >= 0.6 is 11.8 Å². The van der Waals surface area contributed by atoms with E-state index in [0.717, 1.165) is 12.2 Å². The summed E-state index contributed by atoms with van der Waals surface area (Å²) in [5.74, 6) is 0.974. The number of aromatic nitrogens is 3. The lowest BCUT2D eigenvalue weighted by Crippen LogP contribution is -2.26. The highest BCUT2D eigenvalue weighted by Gasteiger charge is 2.20. The first kappa shape index (κ1) is 19.0. The number of imidazole rings is 1. The number of rotatable bonds is 8. The van der Waals surface area contributed by atoms with Crippen molar-refractivity contribution in [2.45, 2.75) is 12.5 Å². The molecule has 27 heavy (non-hydrogen) atoms. The fourth-order valence-electron chi connectivity index (χ4n) is 2.88. The molecule has 3 aromatic rings. The van der Waals surface area contributed by atoms with Crippen LogP contribution in [0, 0.1) is 0 Å². The minimum atomic E-state index is -0.290. The molecule has 1 amide bonds. The van der Waals surface area contributed by atoms with Gasteiger partial charge in [0.05, 0.1) is 0 Å². The SMILES string of the molecule is CSCC[C@H](C(=O)Nc1cccc(C(=O)c2nccn2C)c1)n1cccc1. The number of benzene rings is 1. The number of nitrogens with zero attached hydrogens (tertiary/aromatic N) is 3. The summed E-state index contributed by atoms with van der Waals surface area (Å²) in [5.41, 5.74) is 1.09. The number of amides is 1. The number of thioether (sulfide) groups is 1. The minimum Gasteiger partial charge on any atom is -0.342 e. The first-order valence-corrected chi connectivity index (χ1v) is 10.0. The molecule has 1 atom stereocenters. The van der Waals surface area contributed by atoms with E-state index in [9.17, 15) is 9.59 Å². The van der Waals surface area contributed by atoms with E-state index in [2.05, 4.69) is 10.3 Å². The lowest BCUT2D eigenvalue weighted by Gasteiger charge is -2.18. The molecule has 7 heteroatoms. The van der Waals surface area contributed by atoms with Crippen LogP contribution in [-0.2, 0) is 11.8 Å². The Morgan fingerprint density at radius 3 is 2.63 bits per heavy atom. The number of carbonyl (C=O) groups excluding carboxylic acids is 2. The molecule has 0 unspecified atom stereocenters. The van der Waals surface area contributed by atoms with E-state index >= 15 is 0 Å². The molecule has 2 aromatic heterocycles. The van der Waals surface area contributed by atoms with Crippen LogP contribution < -0.4 is 5.32 Å². The predicted octanol–water partition coefficient (Wildman–Crippen LogP) is 3.39. The molecular weight excluding hydrogens is 360 g/mol. The molecule has 0 aliphatic carbocycles. The van der Waals surface area contributed by atoms with Gasteiger partial charge in [-0.25, -0.2) is 4.98 Å². The number of hydrogen-bond acceptors (Lipinski definition) is 4. The van der Waals surface area contributed by atoms with Crippen LogP contribution in [0.1, 0.15) is 28.6 Å². The molecule has 140 valence electrons. The molecular formula is C20H22N4O2S. The van der Waals surface area contributed by atoms with Gasteiger partial charge >= 0.3 is 0 Å². The maximum atomic E-state index is 12.8. The molecule has 0 radical (unpaired) electrons. The highest BCUT2D eigenvalue weighted by Crippen LogP contribution is 2.19. The Kier molecular flexibility index (Phi) is 6.13. The van der Waals surface area contributed by atoms with Crippen molar-refractivity contribution in [3.63, 3.8) is 0 Å². The quantitative estimate of drug-likeness (QED) is 0.607. The molecule has 0 aliphatic heterocycles. The maximum absolute atomic E-state index is 12.8. The first-order valence-electron chi connectivity index (χ1n) is 8.64. The molecule has 0 saturated carbocycles. The van der Waals surface area contributed by atoms with Crippen molar-refractivity contribution >= 4 is 29.1 Å². The van der Waals surface area contributed by atoms with Gasteiger partial charge in [-0.2, -0.15) is 11.8 Å². The second-order valence-corrected chi connectivity index (χ2v) is 7.17. The Balaban J connectivity index is 1.77. The van der Waals surface area contributed by atoms with Crippen LogP contribution in [0.15, 0.2) is 61.2 Å². The molecule has 3 rings (SSSR count). The Morgan fingerprint density at radius 1 is 1.19 bits per heavy atom. The van der Waals surface area contributed by atoms with Crippen molar-refractivity contribution < 1.29 is 9.59 Å². The fraction of sp³-hybridized carbons (Fsp3) is 0.250. The zero-order valence-electron chi connectivity index (χ0n) is 15.3. The largest absolute Gasteiger partial charge is 0.342 e. The van der Waals surface area contributed by atoms with Gasteiger partial charge in [0.1, 0.15) is 6.04 Å². The summed E-state index contributed by atoms with van der Waals surface area (Å²) < 4.78 is 3.59. The van der Waals surface area contributed by atoms with E-state index in [1.54, 1.807) is 60.0 Å². The van der Waals surface area contributed by atoms with Gasteiger partial charge in [0.25, 0.3) is 0 Å². The fourth-order valence-corrected chi connectivity index (χ4v) is 3.34. The number of anilines is 1. The monoisotopic (exact) mass is 382 g/mol. The van der Waals surface area contributed by atoms with Crippen molar-refractivity contribution in [1.82, 2.24) is 14.1 Å². The van der Waals surface area contributed by atoms with E-state index in [1.807, 2.05) is 35.3 Å². The Hall–Kier alpha value is -2.80. The van der Waals surface area contributed by atoms with Crippen molar-refractivity contribution in [2.75, 3.05) is 17.3 Å². The minimum absolute atomic E-state index is 0.0955. The van der Waals surface area contributed by atoms with Crippen LogP contribution in [0.2, 0.25) is 0 Å². The Labute approximate surface area is 162 Å². The average molecular weight is 382 g/mol. The van der Waals surface area contributed by atoms with Gasteiger partial charge in [-0.1, -0.05) is 12.1 Å². The van der Waals surface area contributed by atoms with Gasteiger partial charge in [-0.3, -0.25) is 9.59 Å². The number of carbonyl (C=O) groups is 2. The highest BCUT2D eigenvalue weighted by atomic mass is 32.2. The van der Waals surface area contributed by atoms with E-state index < -0.39 is 0 Å². The van der Waals surface area contributed by atoms with Crippen molar-refractivity contribution in [3.05, 3.63) is 72.6 Å². The number of hydrogen-bond donors (Lipinski definition) is 1. The number of aryl methyl sites for hydroxylation is 1. The highest BCUT2D eigenvalue weighted by molar-refractivity contribution is 7.98. The summed E-state index contributed by atoms with van der Waals surface area (Å²) in [5, 5.41) is 2.95. The lowest BCUT2D eigenvalue weighted by molar-refractivity contribution is -0.119. The molecule has 0 spiro atoms. The maximum Gasteiger partial charge on any atom is 0.247 e.